The Balaban J connectivity index is 0.000000517. The molecule has 2 aromatic rings. The van der Waals surface area contributed by atoms with E-state index in [0.29, 0.717) is 30.8 Å². The van der Waals surface area contributed by atoms with Crippen molar-refractivity contribution < 1.29 is 42.3 Å². The molecule has 0 radical (unpaired) electrons. The van der Waals surface area contributed by atoms with Crippen LogP contribution in [0.25, 0.3) is 5.69 Å². The molecular weight excluding hydrogens is 563 g/mol. The van der Waals surface area contributed by atoms with E-state index in [0.717, 1.165) is 31.6 Å². The Morgan fingerprint density at radius 2 is 1.88 bits per heavy atom. The van der Waals surface area contributed by atoms with Crippen molar-refractivity contribution >= 4 is 29.6 Å². The number of likely N-dealkylation sites (N-methyl/N-ethyl adjacent to an activating group) is 1. The fraction of sp³-hybridized carbons (Fsp3) is 0.500. The number of hydrogen-bond donors (Lipinski definition) is 2. The number of alkyl halides is 3. The molecule has 0 bridgehead atoms. The summed E-state index contributed by atoms with van der Waals surface area (Å²) < 4.78 is 33.2. The number of piperidine rings is 1. The molecule has 2 saturated heterocycles. The minimum atomic E-state index is -5.08. The van der Waals surface area contributed by atoms with Gasteiger partial charge in [0.15, 0.2) is 5.69 Å². The van der Waals surface area contributed by atoms with E-state index in [1.54, 1.807) is 12.3 Å². The monoisotopic (exact) mass is 593 g/mol. The van der Waals surface area contributed by atoms with E-state index in [4.69, 9.17) is 9.90 Å². The zero-order chi connectivity index (χ0) is 30.8. The molecule has 1 aromatic carbocycles. The van der Waals surface area contributed by atoms with Crippen LogP contribution >= 0.6 is 0 Å². The zero-order valence-electron chi connectivity index (χ0n) is 22.9. The number of carboxylic acids is 1. The Bertz CT molecular complexity index is 1390. The number of imide groups is 1. The number of aromatic nitrogens is 3. The normalized spacial score (nSPS) is 21.3. The van der Waals surface area contributed by atoms with Gasteiger partial charge in [-0.15, -0.1) is 5.10 Å². The van der Waals surface area contributed by atoms with Gasteiger partial charge in [-0.1, -0.05) is 18.2 Å². The molecule has 3 aliphatic rings. The van der Waals surface area contributed by atoms with Crippen molar-refractivity contribution in [2.45, 2.75) is 57.9 Å². The number of carboxylic acid groups (broad SMARTS) is 1. The van der Waals surface area contributed by atoms with Crippen molar-refractivity contribution in [3.05, 3.63) is 41.2 Å². The molecule has 2 N–H and O–H groups in total. The summed E-state index contributed by atoms with van der Waals surface area (Å²) in [4.78, 5) is 64.6. The molecule has 2 atom stereocenters. The maximum Gasteiger partial charge on any atom is 0.490 e. The average molecular weight is 594 g/mol. The van der Waals surface area contributed by atoms with E-state index in [-0.39, 0.29) is 35.9 Å². The van der Waals surface area contributed by atoms with Gasteiger partial charge < -0.3 is 19.8 Å². The Morgan fingerprint density at radius 1 is 1.17 bits per heavy atom. The summed E-state index contributed by atoms with van der Waals surface area (Å²) in [6.07, 6.45) is -2.05. The Labute approximate surface area is 238 Å². The van der Waals surface area contributed by atoms with Crippen LogP contribution in [0.3, 0.4) is 0 Å². The van der Waals surface area contributed by atoms with Crippen molar-refractivity contribution in [1.29, 1.82) is 0 Å². The number of carbonyl (C=O) groups excluding carboxylic acids is 4. The van der Waals surface area contributed by atoms with Crippen LogP contribution in [-0.4, -0.2) is 109 Å². The molecule has 2 fully saturated rings. The largest absolute Gasteiger partial charge is 0.490 e. The first kappa shape index (κ1) is 30.6. The highest BCUT2D eigenvalue weighted by molar-refractivity contribution is 6.05. The molecule has 5 rings (SSSR count). The highest BCUT2D eigenvalue weighted by Crippen LogP contribution is 2.29. The number of hydrogen-bond acceptors (Lipinski definition) is 8. The second-order valence-electron chi connectivity index (χ2n) is 10.2. The SMILES string of the molecule is CCN1CCCN(C(=O)c2cn(-c3ccc4c(c3)C(=O)N(C3CCC(=O)NC3=O)C4)nn2)C(C)C1.O=C(O)C(F)(F)F. The van der Waals surface area contributed by atoms with E-state index in [1.165, 1.54) is 9.58 Å². The maximum atomic E-state index is 13.2. The highest BCUT2D eigenvalue weighted by Gasteiger charge is 2.40. The molecule has 16 heteroatoms. The maximum absolute atomic E-state index is 13.2. The van der Waals surface area contributed by atoms with Crippen LogP contribution in [0.2, 0.25) is 0 Å². The quantitative estimate of drug-likeness (QED) is 0.497. The van der Waals surface area contributed by atoms with Crippen LogP contribution in [0.5, 0.6) is 0 Å². The standard InChI is InChI=1S/C24H29N7O4.C2HF3O2/c1-3-28-9-4-10-29(15(2)12-28)24(35)19-14-31(27-26-19)17-6-5-16-13-30(23(34)18(16)11-17)20-7-8-21(32)25-22(20)33;3-2(4,5)1(6)7/h5-6,11,14-15,20H,3-4,7-10,12-13H2,1-2H3,(H,25,32,33);(H,6,7). The minimum Gasteiger partial charge on any atom is -0.475 e. The van der Waals surface area contributed by atoms with Crippen LogP contribution in [0.1, 0.15) is 59.5 Å². The van der Waals surface area contributed by atoms with E-state index >= 15 is 0 Å². The van der Waals surface area contributed by atoms with E-state index in [1.807, 2.05) is 17.0 Å². The van der Waals surface area contributed by atoms with Gasteiger partial charge >= 0.3 is 12.1 Å². The van der Waals surface area contributed by atoms with Crippen molar-refractivity contribution in [3.63, 3.8) is 0 Å². The van der Waals surface area contributed by atoms with Crippen LogP contribution in [-0.2, 0) is 20.9 Å². The molecule has 3 aliphatic heterocycles. The lowest BCUT2D eigenvalue weighted by molar-refractivity contribution is -0.192. The van der Waals surface area contributed by atoms with Gasteiger partial charge in [-0.25, -0.2) is 9.48 Å². The summed E-state index contributed by atoms with van der Waals surface area (Å²) in [7, 11) is 0. The lowest BCUT2D eigenvalue weighted by atomic mass is 10.0. The third-order valence-electron chi connectivity index (χ3n) is 7.37. The smallest absolute Gasteiger partial charge is 0.475 e. The van der Waals surface area contributed by atoms with Crippen molar-refractivity contribution in [1.82, 2.24) is 35.0 Å². The molecule has 4 amide bonds. The second kappa shape index (κ2) is 12.3. The van der Waals surface area contributed by atoms with Gasteiger partial charge in [-0.2, -0.15) is 13.2 Å². The van der Waals surface area contributed by atoms with Crippen molar-refractivity contribution in [2.75, 3.05) is 26.2 Å². The van der Waals surface area contributed by atoms with Crippen LogP contribution in [0.15, 0.2) is 24.4 Å². The number of amides is 4. The molecule has 226 valence electrons. The van der Waals surface area contributed by atoms with E-state index in [2.05, 4.69) is 34.4 Å². The third-order valence-corrected chi connectivity index (χ3v) is 7.37. The molecule has 1 aromatic heterocycles. The van der Waals surface area contributed by atoms with Gasteiger partial charge in [0.2, 0.25) is 11.8 Å². The van der Waals surface area contributed by atoms with E-state index < -0.39 is 24.1 Å². The predicted octanol–water partition coefficient (Wildman–Crippen LogP) is 1.22. The molecular formula is C26H30F3N7O6. The fourth-order valence-corrected chi connectivity index (χ4v) is 5.16. The Morgan fingerprint density at radius 3 is 2.52 bits per heavy atom. The first-order valence-corrected chi connectivity index (χ1v) is 13.3. The summed E-state index contributed by atoms with van der Waals surface area (Å²) in [6, 6.07) is 4.77. The van der Waals surface area contributed by atoms with Gasteiger partial charge in [-0.05, 0) is 50.6 Å². The predicted molar refractivity (Wildman–Crippen MR) is 138 cm³/mol. The number of halogens is 3. The zero-order valence-corrected chi connectivity index (χ0v) is 22.9. The van der Waals surface area contributed by atoms with Gasteiger partial charge in [0.1, 0.15) is 6.04 Å². The first-order chi connectivity index (χ1) is 19.8. The number of nitrogens with one attached hydrogen (secondary N) is 1. The third kappa shape index (κ3) is 6.58. The lowest BCUT2D eigenvalue weighted by Gasteiger charge is -2.29. The lowest BCUT2D eigenvalue weighted by Crippen LogP contribution is -2.52. The summed E-state index contributed by atoms with van der Waals surface area (Å²) in [5.41, 5.74) is 2.16. The Kier molecular flexibility index (Phi) is 8.94. The van der Waals surface area contributed by atoms with Gasteiger partial charge in [0.05, 0.1) is 11.9 Å². The molecule has 0 aliphatic carbocycles. The minimum absolute atomic E-state index is 0.0750. The van der Waals surface area contributed by atoms with Crippen LogP contribution in [0, 0.1) is 0 Å². The molecule has 0 spiro atoms. The van der Waals surface area contributed by atoms with Crippen LogP contribution < -0.4 is 5.32 Å². The van der Waals surface area contributed by atoms with Gasteiger partial charge in [0, 0.05) is 37.7 Å². The van der Waals surface area contributed by atoms with Crippen molar-refractivity contribution in [2.24, 2.45) is 0 Å². The molecule has 2 unspecified atom stereocenters. The average Bonchev–Trinajstić information content (AvgIpc) is 3.49. The number of rotatable bonds is 4. The van der Waals surface area contributed by atoms with E-state index in [9.17, 15) is 32.3 Å². The number of aliphatic carboxylic acids is 1. The number of nitrogens with zero attached hydrogens (tertiary/aromatic N) is 6. The summed E-state index contributed by atoms with van der Waals surface area (Å²) in [5.74, 6) is -3.92. The summed E-state index contributed by atoms with van der Waals surface area (Å²) in [6.45, 7) is 7.91. The Hall–Kier alpha value is -4.34. The van der Waals surface area contributed by atoms with Gasteiger partial charge in [-0.3, -0.25) is 24.5 Å². The van der Waals surface area contributed by atoms with Crippen LogP contribution in [0.4, 0.5) is 13.2 Å². The molecule has 42 heavy (non-hydrogen) atoms. The van der Waals surface area contributed by atoms with Gasteiger partial charge in [0.25, 0.3) is 11.8 Å². The molecule has 13 nitrogen and oxygen atoms in total. The number of benzene rings is 1. The number of fused-ring (bicyclic) bond motifs is 1. The summed E-state index contributed by atoms with van der Waals surface area (Å²) >= 11 is 0. The molecule has 0 saturated carbocycles. The topological polar surface area (TPSA) is 158 Å². The number of carbonyl (C=O) groups is 5. The van der Waals surface area contributed by atoms with Crippen molar-refractivity contribution in [3.8, 4) is 5.69 Å². The summed E-state index contributed by atoms with van der Waals surface area (Å²) in [5, 5.41) is 17.7. The highest BCUT2D eigenvalue weighted by atomic mass is 19.4. The molecule has 4 heterocycles. The first-order valence-electron chi connectivity index (χ1n) is 13.3. The second-order valence-corrected chi connectivity index (χ2v) is 10.2. The fourth-order valence-electron chi connectivity index (χ4n) is 5.16.